The Hall–Kier alpha value is -1.57. The molecule has 1 aromatic heterocycles. The lowest BCUT2D eigenvalue weighted by atomic mass is 10.3. The molecule has 0 saturated heterocycles. The Balaban J connectivity index is 2.47. The molecule has 1 heterocycles. The van der Waals surface area contributed by atoms with Crippen LogP contribution in [-0.4, -0.2) is 42.7 Å². The normalized spacial score (nSPS) is 10.3. The lowest BCUT2D eigenvalue weighted by Crippen LogP contribution is -2.00. The Labute approximate surface area is 95.5 Å². The molecule has 8 heteroatoms. The molecule has 0 aromatic carbocycles. The second kappa shape index (κ2) is 5.50. The number of aryl methyl sites for hydroxylation is 1. The largest absolute Gasteiger partial charge is 0.481 e. The van der Waals surface area contributed by atoms with Crippen LogP contribution in [0.1, 0.15) is 23.5 Å². The molecule has 0 aliphatic carbocycles. The van der Waals surface area contributed by atoms with Gasteiger partial charge in [0.25, 0.3) is 5.82 Å². The molecular weight excluding hydrogens is 234 g/mol. The zero-order valence-electron chi connectivity index (χ0n) is 8.58. The van der Waals surface area contributed by atoms with Crippen molar-refractivity contribution >= 4 is 23.7 Å². The number of rotatable bonds is 6. The molecule has 0 spiro atoms. The average molecular weight is 245 g/mol. The molecule has 0 unspecified atom stereocenters. The average Bonchev–Trinajstić information content (AvgIpc) is 2.55. The minimum absolute atomic E-state index is 0.0939. The second-order valence-corrected chi connectivity index (χ2v) is 4.05. The van der Waals surface area contributed by atoms with E-state index in [0.717, 1.165) is 0 Å². The van der Waals surface area contributed by atoms with E-state index in [1.165, 1.54) is 16.4 Å². The zero-order valence-corrected chi connectivity index (χ0v) is 9.40. The van der Waals surface area contributed by atoms with Crippen molar-refractivity contribution in [3.05, 3.63) is 5.82 Å². The van der Waals surface area contributed by atoms with Crippen LogP contribution < -0.4 is 0 Å². The van der Waals surface area contributed by atoms with E-state index in [2.05, 4.69) is 10.1 Å². The van der Waals surface area contributed by atoms with Crippen LogP contribution in [0.4, 0.5) is 0 Å². The quantitative estimate of drug-likeness (QED) is 0.554. The molecule has 88 valence electrons. The number of aromatic carboxylic acids is 1. The lowest BCUT2D eigenvalue weighted by Gasteiger charge is -1.97. The van der Waals surface area contributed by atoms with Crippen molar-refractivity contribution in [3.63, 3.8) is 0 Å². The molecule has 0 fully saturated rings. The van der Waals surface area contributed by atoms with Gasteiger partial charge in [-0.3, -0.25) is 4.79 Å². The Morgan fingerprint density at radius 1 is 1.44 bits per heavy atom. The Morgan fingerprint density at radius 3 is 2.62 bits per heavy atom. The maximum Gasteiger partial charge on any atom is 0.375 e. The fourth-order valence-electron chi connectivity index (χ4n) is 0.973. The van der Waals surface area contributed by atoms with Crippen LogP contribution in [-0.2, 0) is 11.8 Å². The molecule has 2 N–H and O–H groups in total. The van der Waals surface area contributed by atoms with E-state index in [4.69, 9.17) is 10.2 Å². The number of carboxylic acid groups (broad SMARTS) is 2. The summed E-state index contributed by atoms with van der Waals surface area (Å²) in [6.45, 7) is 0. The van der Waals surface area contributed by atoms with Gasteiger partial charge in [-0.25, -0.2) is 9.48 Å². The summed E-state index contributed by atoms with van der Waals surface area (Å²) < 4.78 is 1.37. The van der Waals surface area contributed by atoms with Gasteiger partial charge < -0.3 is 10.2 Å². The Morgan fingerprint density at radius 2 is 2.12 bits per heavy atom. The number of aliphatic carboxylic acids is 1. The van der Waals surface area contributed by atoms with Gasteiger partial charge in [-0.05, 0) is 6.42 Å². The van der Waals surface area contributed by atoms with E-state index < -0.39 is 11.9 Å². The number of carbonyl (C=O) groups is 2. The Kier molecular flexibility index (Phi) is 4.29. The van der Waals surface area contributed by atoms with E-state index in [0.29, 0.717) is 17.3 Å². The van der Waals surface area contributed by atoms with Crippen LogP contribution >= 0.6 is 11.8 Å². The fourth-order valence-corrected chi connectivity index (χ4v) is 1.82. The highest BCUT2D eigenvalue weighted by Crippen LogP contribution is 2.16. The third kappa shape index (κ3) is 3.54. The van der Waals surface area contributed by atoms with Crippen molar-refractivity contribution in [2.24, 2.45) is 7.05 Å². The van der Waals surface area contributed by atoms with Gasteiger partial charge in [0.15, 0.2) is 5.16 Å². The lowest BCUT2D eigenvalue weighted by molar-refractivity contribution is -0.137. The molecule has 0 aliphatic rings. The van der Waals surface area contributed by atoms with Crippen LogP contribution in [0.3, 0.4) is 0 Å². The van der Waals surface area contributed by atoms with Gasteiger partial charge in [0.2, 0.25) is 0 Å². The molecular formula is C8H11N3O4S. The summed E-state index contributed by atoms with van der Waals surface area (Å²) in [5.41, 5.74) is 0. The van der Waals surface area contributed by atoms with Crippen molar-refractivity contribution in [1.29, 1.82) is 0 Å². The maximum absolute atomic E-state index is 10.6. The van der Waals surface area contributed by atoms with Gasteiger partial charge in [0.05, 0.1) is 0 Å². The summed E-state index contributed by atoms with van der Waals surface area (Å²) in [5.74, 6) is -1.70. The van der Waals surface area contributed by atoms with Crippen molar-refractivity contribution in [2.45, 2.75) is 18.0 Å². The monoisotopic (exact) mass is 245 g/mol. The van der Waals surface area contributed by atoms with Gasteiger partial charge in [-0.1, -0.05) is 11.8 Å². The number of thioether (sulfide) groups is 1. The summed E-state index contributed by atoms with van der Waals surface area (Å²) in [6, 6.07) is 0. The maximum atomic E-state index is 10.6. The van der Waals surface area contributed by atoms with Gasteiger partial charge >= 0.3 is 11.9 Å². The van der Waals surface area contributed by atoms with Gasteiger partial charge in [0.1, 0.15) is 0 Å². The van der Waals surface area contributed by atoms with Gasteiger partial charge in [-0.2, -0.15) is 4.98 Å². The SMILES string of the molecule is Cn1nc(C(=O)O)nc1SCCCC(=O)O. The molecule has 0 saturated carbocycles. The number of hydrogen-bond donors (Lipinski definition) is 2. The van der Waals surface area contributed by atoms with Gasteiger partial charge in [0, 0.05) is 19.2 Å². The highest BCUT2D eigenvalue weighted by molar-refractivity contribution is 7.99. The molecule has 0 aliphatic heterocycles. The Bertz CT molecular complexity index is 404. The van der Waals surface area contributed by atoms with Crippen molar-refractivity contribution < 1.29 is 19.8 Å². The summed E-state index contributed by atoms with van der Waals surface area (Å²) in [4.78, 5) is 24.6. The highest BCUT2D eigenvalue weighted by Gasteiger charge is 2.13. The predicted molar refractivity (Wildman–Crippen MR) is 55.6 cm³/mol. The van der Waals surface area contributed by atoms with Crippen LogP contribution in [0, 0.1) is 0 Å². The smallest absolute Gasteiger partial charge is 0.375 e. The first-order valence-corrected chi connectivity index (χ1v) is 5.48. The third-order valence-electron chi connectivity index (χ3n) is 1.68. The van der Waals surface area contributed by atoms with E-state index in [1.54, 1.807) is 7.05 Å². The summed E-state index contributed by atoms with van der Waals surface area (Å²) in [6.07, 6.45) is 0.603. The van der Waals surface area contributed by atoms with Crippen LogP contribution in [0.25, 0.3) is 0 Å². The van der Waals surface area contributed by atoms with Crippen molar-refractivity contribution in [2.75, 3.05) is 5.75 Å². The van der Waals surface area contributed by atoms with Crippen LogP contribution in [0.5, 0.6) is 0 Å². The molecule has 16 heavy (non-hydrogen) atoms. The van der Waals surface area contributed by atoms with E-state index in [-0.39, 0.29) is 12.2 Å². The molecule has 1 aromatic rings. The number of hydrogen-bond acceptors (Lipinski definition) is 5. The number of carboxylic acids is 2. The topological polar surface area (TPSA) is 105 Å². The standard InChI is InChI=1S/C8H11N3O4S/c1-11-8(9-6(10-11)7(14)15)16-4-2-3-5(12)13/h2-4H2,1H3,(H,12,13)(H,14,15). The first kappa shape index (κ1) is 12.5. The first-order valence-electron chi connectivity index (χ1n) is 4.49. The van der Waals surface area contributed by atoms with E-state index in [9.17, 15) is 9.59 Å². The zero-order chi connectivity index (χ0) is 12.1. The fraction of sp³-hybridized carbons (Fsp3) is 0.500. The molecule has 0 amide bonds. The summed E-state index contributed by atoms with van der Waals surface area (Å²) >= 11 is 1.29. The number of nitrogens with zero attached hydrogens (tertiary/aromatic N) is 3. The van der Waals surface area contributed by atoms with E-state index >= 15 is 0 Å². The summed E-state index contributed by atoms with van der Waals surface area (Å²) in [7, 11) is 1.60. The molecule has 0 radical (unpaired) electrons. The highest BCUT2D eigenvalue weighted by atomic mass is 32.2. The molecule has 0 bridgehead atoms. The van der Waals surface area contributed by atoms with Crippen molar-refractivity contribution in [3.8, 4) is 0 Å². The van der Waals surface area contributed by atoms with Crippen molar-refractivity contribution in [1.82, 2.24) is 14.8 Å². The van der Waals surface area contributed by atoms with Crippen LogP contribution in [0.15, 0.2) is 5.16 Å². The van der Waals surface area contributed by atoms with Crippen LogP contribution in [0.2, 0.25) is 0 Å². The molecule has 1 rings (SSSR count). The predicted octanol–water partition coefficient (Wildman–Crippen LogP) is 0.470. The van der Waals surface area contributed by atoms with Gasteiger partial charge in [-0.15, -0.1) is 5.10 Å². The molecule has 0 atom stereocenters. The second-order valence-electron chi connectivity index (χ2n) is 2.99. The molecule has 7 nitrogen and oxygen atoms in total. The first-order chi connectivity index (χ1) is 7.50. The minimum atomic E-state index is -1.17. The third-order valence-corrected chi connectivity index (χ3v) is 2.79. The van der Waals surface area contributed by atoms with E-state index in [1.807, 2.05) is 0 Å². The summed E-state index contributed by atoms with van der Waals surface area (Å²) in [5, 5.41) is 21.2. The number of aromatic nitrogens is 3. The minimum Gasteiger partial charge on any atom is -0.481 e.